The standard InChI is InChI=1S/C29H45BN2O5/c1-9-11-25(29(6,7)8)32(28(35)24-17-18(2)16-19(3)20(24)4)31-27(34)23-14-13-22(26(33)21(23)5)12-10-15-30(36)37/h13-14,16-17,19-20,25,33,36-37H,9-12,15H2,1-8H3,(H,31,34). The Hall–Kier alpha value is -2.58. The number of benzene rings is 1. The van der Waals surface area contributed by atoms with Gasteiger partial charge in [0.2, 0.25) is 0 Å². The van der Waals surface area contributed by atoms with E-state index in [0.29, 0.717) is 35.1 Å². The van der Waals surface area contributed by atoms with Gasteiger partial charge in [-0.05, 0) is 61.9 Å². The van der Waals surface area contributed by atoms with E-state index in [1.807, 2.05) is 19.9 Å². The van der Waals surface area contributed by atoms with Crippen LogP contribution in [0.5, 0.6) is 5.75 Å². The lowest BCUT2D eigenvalue weighted by Gasteiger charge is -2.41. The number of aromatic hydroxyl groups is 1. The molecule has 1 aliphatic carbocycles. The predicted molar refractivity (Wildman–Crippen MR) is 149 cm³/mol. The van der Waals surface area contributed by atoms with Gasteiger partial charge in [0.05, 0.1) is 6.04 Å². The summed E-state index contributed by atoms with van der Waals surface area (Å²) in [4.78, 5) is 27.6. The van der Waals surface area contributed by atoms with E-state index >= 15 is 0 Å². The van der Waals surface area contributed by atoms with Crippen LogP contribution in [0.25, 0.3) is 0 Å². The summed E-state index contributed by atoms with van der Waals surface area (Å²) in [6, 6.07) is 3.10. The Morgan fingerprint density at radius 3 is 2.38 bits per heavy atom. The zero-order chi connectivity index (χ0) is 28.1. The second-order valence-corrected chi connectivity index (χ2v) is 11.6. The quantitative estimate of drug-likeness (QED) is 0.276. The van der Waals surface area contributed by atoms with Crippen molar-refractivity contribution < 1.29 is 24.7 Å². The van der Waals surface area contributed by atoms with Gasteiger partial charge in [0.15, 0.2) is 0 Å². The average molecular weight is 513 g/mol. The van der Waals surface area contributed by atoms with E-state index in [2.05, 4.69) is 46.1 Å². The number of hydrogen-bond donors (Lipinski definition) is 4. The Morgan fingerprint density at radius 1 is 1.16 bits per heavy atom. The van der Waals surface area contributed by atoms with Gasteiger partial charge in [-0.3, -0.25) is 15.0 Å². The lowest BCUT2D eigenvalue weighted by molar-refractivity contribution is -0.136. The first kappa shape index (κ1) is 30.6. The Morgan fingerprint density at radius 2 is 1.81 bits per heavy atom. The second kappa shape index (κ2) is 12.8. The SMILES string of the molecule is CCCC(N(NC(=O)c1ccc(CCCB(O)O)c(O)c1C)C(=O)C1=CC(C)=CC(C)C1C)C(C)(C)C. The average Bonchev–Trinajstić information content (AvgIpc) is 2.79. The van der Waals surface area contributed by atoms with Crippen LogP contribution in [0.15, 0.2) is 35.4 Å². The summed E-state index contributed by atoms with van der Waals surface area (Å²) in [7, 11) is -1.39. The highest BCUT2D eigenvalue weighted by atomic mass is 16.4. The van der Waals surface area contributed by atoms with Gasteiger partial charge < -0.3 is 15.2 Å². The monoisotopic (exact) mass is 512 g/mol. The molecule has 2 rings (SSSR count). The first-order valence-corrected chi connectivity index (χ1v) is 13.4. The Labute approximate surface area is 222 Å². The molecule has 0 radical (unpaired) electrons. The lowest BCUT2D eigenvalue weighted by atomic mass is 9.80. The summed E-state index contributed by atoms with van der Waals surface area (Å²) >= 11 is 0. The van der Waals surface area contributed by atoms with E-state index in [9.17, 15) is 14.7 Å². The van der Waals surface area contributed by atoms with Gasteiger partial charge in [-0.1, -0.05) is 78.2 Å². The Kier molecular flexibility index (Phi) is 10.6. The first-order valence-electron chi connectivity index (χ1n) is 13.4. The van der Waals surface area contributed by atoms with Crippen LogP contribution in [-0.4, -0.2) is 45.1 Å². The molecule has 0 aliphatic heterocycles. The number of rotatable bonds is 9. The molecule has 0 spiro atoms. The molecule has 8 heteroatoms. The van der Waals surface area contributed by atoms with E-state index in [0.717, 1.165) is 18.4 Å². The molecular formula is C29H45BN2O5. The van der Waals surface area contributed by atoms with Crippen molar-refractivity contribution in [2.75, 3.05) is 0 Å². The number of hydrogen-bond acceptors (Lipinski definition) is 5. The van der Waals surface area contributed by atoms with Gasteiger partial charge in [-0.15, -0.1) is 0 Å². The van der Waals surface area contributed by atoms with Crippen LogP contribution in [0, 0.1) is 24.2 Å². The van der Waals surface area contributed by atoms with Gasteiger partial charge in [-0.25, -0.2) is 5.01 Å². The maximum atomic E-state index is 14.0. The van der Waals surface area contributed by atoms with Crippen molar-refractivity contribution in [1.82, 2.24) is 10.4 Å². The molecule has 4 N–H and O–H groups in total. The highest BCUT2D eigenvalue weighted by Crippen LogP contribution is 2.34. The summed E-state index contributed by atoms with van der Waals surface area (Å²) in [6.45, 7) is 16.1. The smallest absolute Gasteiger partial charge is 0.451 e. The molecule has 3 atom stereocenters. The first-order chi connectivity index (χ1) is 17.2. The molecule has 1 aromatic carbocycles. The van der Waals surface area contributed by atoms with Crippen molar-refractivity contribution in [2.45, 2.75) is 93.4 Å². The van der Waals surface area contributed by atoms with Gasteiger partial charge in [0, 0.05) is 16.7 Å². The largest absolute Gasteiger partial charge is 0.507 e. The van der Waals surface area contributed by atoms with Gasteiger partial charge >= 0.3 is 7.12 Å². The summed E-state index contributed by atoms with van der Waals surface area (Å²) in [6.07, 6.45) is 6.80. The molecule has 3 unspecified atom stereocenters. The topological polar surface area (TPSA) is 110 Å². The predicted octanol–water partition coefficient (Wildman–Crippen LogP) is 4.95. The van der Waals surface area contributed by atoms with Crippen LogP contribution in [0.4, 0.5) is 0 Å². The van der Waals surface area contributed by atoms with Crippen LogP contribution in [0.1, 0.15) is 89.2 Å². The van der Waals surface area contributed by atoms with E-state index in [-0.39, 0.29) is 41.3 Å². The molecule has 7 nitrogen and oxygen atoms in total. The number of amides is 2. The zero-order valence-corrected chi connectivity index (χ0v) is 23.8. The van der Waals surface area contributed by atoms with Gasteiger partial charge in [-0.2, -0.15) is 0 Å². The molecule has 0 bridgehead atoms. The molecule has 37 heavy (non-hydrogen) atoms. The summed E-state index contributed by atoms with van der Waals surface area (Å²) < 4.78 is 0. The van der Waals surface area contributed by atoms with Crippen molar-refractivity contribution >= 4 is 18.9 Å². The Balaban J connectivity index is 2.43. The number of allylic oxidation sites excluding steroid dienone is 3. The van der Waals surface area contributed by atoms with E-state index in [1.54, 1.807) is 19.1 Å². The maximum Gasteiger partial charge on any atom is 0.451 e. The second-order valence-electron chi connectivity index (χ2n) is 11.6. The number of nitrogens with zero attached hydrogens (tertiary/aromatic N) is 1. The summed E-state index contributed by atoms with van der Waals surface area (Å²) in [5.41, 5.74) is 5.71. The van der Waals surface area contributed by atoms with Crippen molar-refractivity contribution in [3.05, 3.63) is 52.1 Å². The molecule has 204 valence electrons. The molecular weight excluding hydrogens is 467 g/mol. The molecule has 0 aromatic heterocycles. The van der Waals surface area contributed by atoms with Crippen molar-refractivity contribution in [1.29, 1.82) is 0 Å². The third kappa shape index (κ3) is 7.71. The fourth-order valence-corrected chi connectivity index (χ4v) is 5.00. The number of phenolic OH excluding ortho intramolecular Hbond substituents is 1. The molecule has 0 saturated carbocycles. The van der Waals surface area contributed by atoms with Crippen molar-refractivity contribution in [3.8, 4) is 5.75 Å². The van der Waals surface area contributed by atoms with Crippen LogP contribution in [-0.2, 0) is 11.2 Å². The maximum absolute atomic E-state index is 14.0. The zero-order valence-electron chi connectivity index (χ0n) is 23.8. The van der Waals surface area contributed by atoms with Gasteiger partial charge in [0.25, 0.3) is 11.8 Å². The number of aryl methyl sites for hydroxylation is 1. The van der Waals surface area contributed by atoms with E-state index in [4.69, 9.17) is 10.0 Å². The van der Waals surface area contributed by atoms with E-state index < -0.39 is 13.0 Å². The van der Waals surface area contributed by atoms with Crippen LogP contribution < -0.4 is 5.43 Å². The third-order valence-corrected chi connectivity index (χ3v) is 7.42. The fourth-order valence-electron chi connectivity index (χ4n) is 5.00. The number of nitrogens with one attached hydrogen (secondary N) is 1. The van der Waals surface area contributed by atoms with E-state index in [1.165, 1.54) is 5.01 Å². The lowest BCUT2D eigenvalue weighted by Crippen LogP contribution is -2.57. The Bertz CT molecular complexity index is 1040. The summed E-state index contributed by atoms with van der Waals surface area (Å²) in [5.74, 6) is -0.417. The molecule has 2 amide bonds. The minimum absolute atomic E-state index is 0.0112. The van der Waals surface area contributed by atoms with Crippen LogP contribution >= 0.6 is 0 Å². The fraction of sp³-hybridized carbons (Fsp3) is 0.586. The summed E-state index contributed by atoms with van der Waals surface area (Å²) in [5, 5.41) is 30.4. The molecule has 1 aromatic rings. The molecule has 0 saturated heterocycles. The number of phenols is 1. The molecule has 0 heterocycles. The highest BCUT2D eigenvalue weighted by molar-refractivity contribution is 6.40. The molecule has 1 aliphatic rings. The third-order valence-electron chi connectivity index (χ3n) is 7.42. The number of hydrazine groups is 1. The van der Waals surface area contributed by atoms with Crippen molar-refractivity contribution in [2.24, 2.45) is 17.3 Å². The minimum Gasteiger partial charge on any atom is -0.507 e. The van der Waals surface area contributed by atoms with Crippen LogP contribution in [0.3, 0.4) is 0 Å². The number of carbonyl (C=O) groups excluding carboxylic acids is 2. The minimum atomic E-state index is -1.39. The van der Waals surface area contributed by atoms with Gasteiger partial charge in [0.1, 0.15) is 5.75 Å². The normalized spacial score (nSPS) is 18.5. The highest BCUT2D eigenvalue weighted by Gasteiger charge is 2.38. The van der Waals surface area contributed by atoms with Crippen molar-refractivity contribution in [3.63, 3.8) is 0 Å². The van der Waals surface area contributed by atoms with Crippen LogP contribution in [0.2, 0.25) is 6.32 Å². The molecule has 0 fully saturated rings. The number of carbonyl (C=O) groups is 2.